The Morgan fingerprint density at radius 1 is 1.35 bits per heavy atom. The van der Waals surface area contributed by atoms with Gasteiger partial charge in [0.15, 0.2) is 0 Å². The number of carbonyl (C=O) groups excluding carboxylic acids is 1. The number of aromatic nitrogens is 2. The summed E-state index contributed by atoms with van der Waals surface area (Å²) in [5.41, 5.74) is 1.57. The molecule has 1 heterocycles. The zero-order chi connectivity index (χ0) is 16.7. The lowest BCUT2D eigenvalue weighted by molar-refractivity contribution is 0.0938. The first-order valence-electron chi connectivity index (χ1n) is 8.17. The normalized spacial score (nSPS) is 12.1. The van der Waals surface area contributed by atoms with Crippen LogP contribution in [0.4, 0.5) is 0 Å². The Morgan fingerprint density at radius 3 is 2.87 bits per heavy atom. The molecule has 1 aromatic carbocycles. The molecule has 23 heavy (non-hydrogen) atoms. The van der Waals surface area contributed by atoms with Crippen molar-refractivity contribution >= 4 is 17.5 Å². The van der Waals surface area contributed by atoms with Gasteiger partial charge in [-0.2, -0.15) is 5.10 Å². The van der Waals surface area contributed by atoms with Crippen molar-refractivity contribution in [1.29, 1.82) is 0 Å². The van der Waals surface area contributed by atoms with Gasteiger partial charge in [-0.3, -0.25) is 9.48 Å². The highest BCUT2D eigenvalue weighted by Gasteiger charge is 2.12. The summed E-state index contributed by atoms with van der Waals surface area (Å²) in [7, 11) is 0. The lowest BCUT2D eigenvalue weighted by atomic mass is 10.1. The van der Waals surface area contributed by atoms with Crippen LogP contribution < -0.4 is 5.32 Å². The van der Waals surface area contributed by atoms with E-state index in [1.807, 2.05) is 31.2 Å². The second kappa shape index (κ2) is 8.73. The number of nitrogens with zero attached hydrogens (tertiary/aromatic N) is 2. The molecule has 0 spiro atoms. The van der Waals surface area contributed by atoms with Crippen molar-refractivity contribution in [3.8, 4) is 0 Å². The van der Waals surface area contributed by atoms with Crippen LogP contribution in [0.3, 0.4) is 0 Å². The number of unbranched alkanes of at least 4 members (excludes halogenated alkanes) is 2. The fourth-order valence-electron chi connectivity index (χ4n) is 2.45. The Hall–Kier alpha value is -1.81. The standard InChI is InChI=1S/C18H24ClN3O/c1-3-4-5-8-14(2)21-18(23)16-11-20-22(13-16)12-15-9-6-7-10-17(15)19/h6-7,9-11,13-14H,3-5,8,12H2,1-2H3,(H,21,23). The average Bonchev–Trinajstić information content (AvgIpc) is 2.98. The van der Waals surface area contributed by atoms with E-state index in [0.717, 1.165) is 18.4 Å². The van der Waals surface area contributed by atoms with Crippen LogP contribution in [0.5, 0.6) is 0 Å². The zero-order valence-corrected chi connectivity index (χ0v) is 14.5. The second-order valence-electron chi connectivity index (χ2n) is 5.89. The minimum atomic E-state index is -0.0700. The molecule has 0 saturated carbocycles. The summed E-state index contributed by atoms with van der Waals surface area (Å²) in [6, 6.07) is 7.83. The maximum absolute atomic E-state index is 12.2. The van der Waals surface area contributed by atoms with E-state index in [2.05, 4.69) is 17.3 Å². The molecule has 1 aromatic heterocycles. The number of hydrogen-bond acceptors (Lipinski definition) is 2. The van der Waals surface area contributed by atoms with E-state index >= 15 is 0 Å². The summed E-state index contributed by atoms with van der Waals surface area (Å²) in [6.45, 7) is 4.78. The van der Waals surface area contributed by atoms with Gasteiger partial charge >= 0.3 is 0 Å². The molecule has 0 radical (unpaired) electrons. The lowest BCUT2D eigenvalue weighted by Crippen LogP contribution is -2.32. The van der Waals surface area contributed by atoms with Crippen LogP contribution in [0.2, 0.25) is 5.02 Å². The molecular formula is C18H24ClN3O. The number of halogens is 1. The highest BCUT2D eigenvalue weighted by atomic mass is 35.5. The smallest absolute Gasteiger partial charge is 0.254 e. The topological polar surface area (TPSA) is 46.9 Å². The first-order valence-corrected chi connectivity index (χ1v) is 8.54. The van der Waals surface area contributed by atoms with E-state index in [0.29, 0.717) is 17.1 Å². The van der Waals surface area contributed by atoms with Crippen molar-refractivity contribution in [1.82, 2.24) is 15.1 Å². The number of amides is 1. The van der Waals surface area contributed by atoms with E-state index in [1.54, 1.807) is 17.1 Å². The largest absolute Gasteiger partial charge is 0.349 e. The van der Waals surface area contributed by atoms with Gasteiger partial charge in [0, 0.05) is 17.3 Å². The van der Waals surface area contributed by atoms with Gasteiger partial charge in [0.05, 0.1) is 18.3 Å². The molecule has 5 heteroatoms. The number of benzene rings is 1. The van der Waals surface area contributed by atoms with Crippen LogP contribution in [-0.4, -0.2) is 21.7 Å². The van der Waals surface area contributed by atoms with Crippen LogP contribution in [0.25, 0.3) is 0 Å². The first-order chi connectivity index (χ1) is 11.1. The molecule has 0 bridgehead atoms. The second-order valence-corrected chi connectivity index (χ2v) is 6.30. The Balaban J connectivity index is 1.91. The molecule has 0 aliphatic carbocycles. The summed E-state index contributed by atoms with van der Waals surface area (Å²) < 4.78 is 1.73. The van der Waals surface area contributed by atoms with Gasteiger partial charge in [0.2, 0.25) is 0 Å². The molecule has 1 atom stereocenters. The van der Waals surface area contributed by atoms with Crippen LogP contribution in [0, 0.1) is 0 Å². The van der Waals surface area contributed by atoms with Crippen molar-refractivity contribution in [2.24, 2.45) is 0 Å². The van der Waals surface area contributed by atoms with E-state index in [-0.39, 0.29) is 11.9 Å². The maximum Gasteiger partial charge on any atom is 0.254 e. The molecule has 0 saturated heterocycles. The van der Waals surface area contributed by atoms with Gasteiger partial charge in [0.1, 0.15) is 0 Å². The SMILES string of the molecule is CCCCCC(C)NC(=O)c1cnn(Cc2ccccc2Cl)c1. The molecule has 0 fully saturated rings. The third kappa shape index (κ3) is 5.39. The average molecular weight is 334 g/mol. The van der Waals surface area contributed by atoms with E-state index in [4.69, 9.17) is 11.6 Å². The van der Waals surface area contributed by atoms with Gasteiger partial charge in [0.25, 0.3) is 5.91 Å². The van der Waals surface area contributed by atoms with Gasteiger partial charge < -0.3 is 5.32 Å². The van der Waals surface area contributed by atoms with E-state index in [1.165, 1.54) is 12.8 Å². The van der Waals surface area contributed by atoms with Crippen molar-refractivity contribution < 1.29 is 4.79 Å². The number of hydrogen-bond donors (Lipinski definition) is 1. The summed E-state index contributed by atoms with van der Waals surface area (Å²) in [5, 5.41) is 7.99. The zero-order valence-electron chi connectivity index (χ0n) is 13.8. The number of nitrogens with one attached hydrogen (secondary N) is 1. The predicted molar refractivity (Wildman–Crippen MR) is 93.9 cm³/mol. The van der Waals surface area contributed by atoms with Gasteiger partial charge in [-0.25, -0.2) is 0 Å². The summed E-state index contributed by atoms with van der Waals surface area (Å²) in [5.74, 6) is -0.0700. The molecule has 0 aliphatic rings. The van der Waals surface area contributed by atoms with Crippen LogP contribution in [0.15, 0.2) is 36.7 Å². The maximum atomic E-state index is 12.2. The van der Waals surface area contributed by atoms with Crippen molar-refractivity contribution in [3.05, 3.63) is 52.8 Å². The highest BCUT2D eigenvalue weighted by Crippen LogP contribution is 2.16. The molecule has 0 aliphatic heterocycles. The van der Waals surface area contributed by atoms with Crippen LogP contribution in [-0.2, 0) is 6.54 Å². The quantitative estimate of drug-likeness (QED) is 0.733. The Bertz CT molecular complexity index is 639. The molecule has 124 valence electrons. The minimum Gasteiger partial charge on any atom is -0.349 e. The molecule has 2 rings (SSSR count). The summed E-state index contributed by atoms with van der Waals surface area (Å²) in [6.07, 6.45) is 7.91. The van der Waals surface area contributed by atoms with Gasteiger partial charge in [-0.1, -0.05) is 56.0 Å². The third-order valence-corrected chi connectivity index (χ3v) is 4.17. The van der Waals surface area contributed by atoms with Crippen LogP contribution in [0.1, 0.15) is 55.5 Å². The molecule has 1 unspecified atom stereocenters. The van der Waals surface area contributed by atoms with Gasteiger partial charge in [-0.15, -0.1) is 0 Å². The van der Waals surface area contributed by atoms with E-state index in [9.17, 15) is 4.79 Å². The monoisotopic (exact) mass is 333 g/mol. The summed E-state index contributed by atoms with van der Waals surface area (Å²) in [4.78, 5) is 12.2. The summed E-state index contributed by atoms with van der Waals surface area (Å²) >= 11 is 6.15. The van der Waals surface area contributed by atoms with Gasteiger partial charge in [-0.05, 0) is 25.0 Å². The molecule has 4 nitrogen and oxygen atoms in total. The van der Waals surface area contributed by atoms with Crippen molar-refractivity contribution in [3.63, 3.8) is 0 Å². The number of carbonyl (C=O) groups is 1. The predicted octanol–water partition coefficient (Wildman–Crippen LogP) is 4.28. The Morgan fingerprint density at radius 2 is 2.13 bits per heavy atom. The molecule has 2 aromatic rings. The van der Waals surface area contributed by atoms with Crippen LogP contribution >= 0.6 is 11.6 Å². The lowest BCUT2D eigenvalue weighted by Gasteiger charge is -2.12. The fraction of sp³-hybridized carbons (Fsp3) is 0.444. The molecule has 1 N–H and O–H groups in total. The number of rotatable bonds is 8. The first kappa shape index (κ1) is 17.5. The molecule has 1 amide bonds. The third-order valence-electron chi connectivity index (χ3n) is 3.80. The molecular weight excluding hydrogens is 310 g/mol. The Kier molecular flexibility index (Phi) is 6.66. The fourth-order valence-corrected chi connectivity index (χ4v) is 2.64. The Labute approximate surface area is 142 Å². The minimum absolute atomic E-state index is 0.0700. The highest BCUT2D eigenvalue weighted by molar-refractivity contribution is 6.31. The van der Waals surface area contributed by atoms with Crippen molar-refractivity contribution in [2.45, 2.75) is 52.1 Å². The van der Waals surface area contributed by atoms with E-state index < -0.39 is 0 Å². The van der Waals surface area contributed by atoms with Crippen molar-refractivity contribution in [2.75, 3.05) is 0 Å².